The van der Waals surface area contributed by atoms with Crippen molar-refractivity contribution in [3.8, 4) is 0 Å². The van der Waals surface area contributed by atoms with Crippen LogP contribution < -0.4 is 4.90 Å². The molecule has 30 heavy (non-hydrogen) atoms. The third-order valence-electron chi connectivity index (χ3n) is 5.04. The van der Waals surface area contributed by atoms with Gasteiger partial charge in [0.25, 0.3) is 5.69 Å². The van der Waals surface area contributed by atoms with Crippen LogP contribution in [0.3, 0.4) is 0 Å². The Morgan fingerprint density at radius 2 is 1.63 bits per heavy atom. The number of nitro benzene ring substituents is 1. The lowest BCUT2D eigenvalue weighted by Gasteiger charge is -2.35. The van der Waals surface area contributed by atoms with E-state index in [9.17, 15) is 31.7 Å². The molecule has 162 valence electrons. The second-order valence-corrected chi connectivity index (χ2v) is 9.02. The van der Waals surface area contributed by atoms with Crippen molar-refractivity contribution >= 4 is 21.4 Å². The van der Waals surface area contributed by atoms with Crippen molar-refractivity contribution in [3.63, 3.8) is 0 Å². The van der Waals surface area contributed by atoms with Crippen molar-refractivity contribution in [3.05, 3.63) is 63.2 Å². The van der Waals surface area contributed by atoms with E-state index in [2.05, 4.69) is 0 Å². The standard InChI is InChI=1S/C19H20F3N3O4S/c1-13-3-4-14(2)18(11-13)30(28,29)24-9-7-23(8-10-24)16-6-5-15(19(20,21)22)12-17(16)25(26)27/h3-6,11-12H,7-10H2,1-2H3. The summed E-state index contributed by atoms with van der Waals surface area (Å²) in [6.45, 7) is 3.86. The SMILES string of the molecule is Cc1ccc(C)c(S(=O)(=O)N2CCN(c3ccc(C(F)(F)F)cc3[N+](=O)[O-])CC2)c1. The van der Waals surface area contributed by atoms with E-state index in [1.54, 1.807) is 26.0 Å². The molecule has 1 saturated heterocycles. The van der Waals surface area contributed by atoms with Gasteiger partial charge < -0.3 is 4.90 Å². The van der Waals surface area contributed by atoms with Crippen LogP contribution in [-0.2, 0) is 16.2 Å². The van der Waals surface area contributed by atoms with Crippen molar-refractivity contribution < 1.29 is 26.5 Å². The number of nitro groups is 1. The molecule has 1 aliphatic heterocycles. The Morgan fingerprint density at radius 1 is 1.00 bits per heavy atom. The number of aryl methyl sites for hydroxylation is 2. The summed E-state index contributed by atoms with van der Waals surface area (Å²) in [6, 6.07) is 7.50. The number of benzene rings is 2. The molecule has 0 unspecified atom stereocenters. The van der Waals surface area contributed by atoms with Crippen molar-refractivity contribution in [1.82, 2.24) is 4.31 Å². The molecule has 0 aromatic heterocycles. The number of alkyl halides is 3. The van der Waals surface area contributed by atoms with Crippen LogP contribution in [0.4, 0.5) is 24.5 Å². The first-order valence-electron chi connectivity index (χ1n) is 9.09. The molecule has 1 fully saturated rings. The molecule has 1 heterocycles. The molecule has 0 N–H and O–H groups in total. The minimum absolute atomic E-state index is 0.0387. The molecule has 0 atom stereocenters. The van der Waals surface area contributed by atoms with Crippen molar-refractivity contribution in [2.75, 3.05) is 31.1 Å². The maximum Gasteiger partial charge on any atom is 0.416 e. The van der Waals surface area contributed by atoms with Crippen LogP contribution >= 0.6 is 0 Å². The highest BCUT2D eigenvalue weighted by molar-refractivity contribution is 7.89. The molecule has 11 heteroatoms. The van der Waals surface area contributed by atoms with E-state index in [0.717, 1.165) is 17.7 Å². The van der Waals surface area contributed by atoms with Gasteiger partial charge in [0.05, 0.1) is 15.4 Å². The first-order valence-corrected chi connectivity index (χ1v) is 10.5. The first-order chi connectivity index (χ1) is 13.9. The minimum Gasteiger partial charge on any atom is -0.363 e. The van der Waals surface area contributed by atoms with Gasteiger partial charge in [-0.25, -0.2) is 8.42 Å². The number of piperazine rings is 1. The molecule has 0 bridgehead atoms. The second-order valence-electron chi connectivity index (χ2n) is 7.12. The highest BCUT2D eigenvalue weighted by Crippen LogP contribution is 2.37. The van der Waals surface area contributed by atoms with E-state index >= 15 is 0 Å². The van der Waals surface area contributed by atoms with E-state index in [-0.39, 0.29) is 36.8 Å². The quantitative estimate of drug-likeness (QED) is 0.531. The predicted octanol–water partition coefficient (Wildman–Crippen LogP) is 3.74. The lowest BCUT2D eigenvalue weighted by molar-refractivity contribution is -0.384. The molecule has 7 nitrogen and oxygen atoms in total. The normalized spacial score (nSPS) is 16.0. The van der Waals surface area contributed by atoms with Gasteiger partial charge in [0.15, 0.2) is 0 Å². The van der Waals surface area contributed by atoms with Crippen LogP contribution in [-0.4, -0.2) is 43.8 Å². The summed E-state index contributed by atoms with van der Waals surface area (Å²) >= 11 is 0. The number of sulfonamides is 1. The largest absolute Gasteiger partial charge is 0.416 e. The summed E-state index contributed by atoms with van der Waals surface area (Å²) in [5, 5.41) is 11.3. The first kappa shape index (κ1) is 22.0. The minimum atomic E-state index is -4.69. The monoisotopic (exact) mass is 443 g/mol. The average Bonchev–Trinajstić information content (AvgIpc) is 2.68. The van der Waals surface area contributed by atoms with E-state index in [4.69, 9.17) is 0 Å². The van der Waals surface area contributed by atoms with Crippen LogP contribution in [0.5, 0.6) is 0 Å². The fourth-order valence-corrected chi connectivity index (χ4v) is 5.14. The molecule has 0 radical (unpaired) electrons. The van der Waals surface area contributed by atoms with Gasteiger partial charge in [-0.2, -0.15) is 17.5 Å². The van der Waals surface area contributed by atoms with Crippen molar-refractivity contribution in [2.45, 2.75) is 24.9 Å². The van der Waals surface area contributed by atoms with Gasteiger partial charge in [0.1, 0.15) is 5.69 Å². The van der Waals surface area contributed by atoms with Gasteiger partial charge >= 0.3 is 6.18 Å². The number of rotatable bonds is 4. The van der Waals surface area contributed by atoms with Crippen LogP contribution in [0, 0.1) is 24.0 Å². The van der Waals surface area contributed by atoms with Gasteiger partial charge in [-0.3, -0.25) is 10.1 Å². The fourth-order valence-electron chi connectivity index (χ4n) is 3.41. The molecule has 0 amide bonds. The third kappa shape index (κ3) is 4.26. The average molecular weight is 443 g/mol. The summed E-state index contributed by atoms with van der Waals surface area (Å²) in [5.74, 6) is 0. The van der Waals surface area contributed by atoms with Crippen LogP contribution in [0.25, 0.3) is 0 Å². The maximum absolute atomic E-state index is 13.0. The molecule has 2 aromatic rings. The topological polar surface area (TPSA) is 83.8 Å². The Morgan fingerprint density at radius 3 is 2.20 bits per heavy atom. The third-order valence-corrected chi connectivity index (χ3v) is 7.08. The smallest absolute Gasteiger partial charge is 0.363 e. The van der Waals surface area contributed by atoms with E-state index in [1.807, 2.05) is 6.07 Å². The Bertz CT molecular complexity index is 1080. The van der Waals surface area contributed by atoms with Gasteiger partial charge in [-0.05, 0) is 43.2 Å². The number of halogens is 3. The molecule has 0 spiro atoms. The number of anilines is 1. The Balaban J connectivity index is 1.83. The molecular weight excluding hydrogens is 423 g/mol. The zero-order valence-corrected chi connectivity index (χ0v) is 17.1. The van der Waals surface area contributed by atoms with Crippen molar-refractivity contribution in [2.24, 2.45) is 0 Å². The lowest BCUT2D eigenvalue weighted by atomic mass is 10.1. The van der Waals surface area contributed by atoms with Crippen LogP contribution in [0.15, 0.2) is 41.3 Å². The van der Waals surface area contributed by atoms with Crippen LogP contribution in [0.1, 0.15) is 16.7 Å². The Labute approximate surface area is 171 Å². The summed E-state index contributed by atoms with van der Waals surface area (Å²) in [5.41, 5.74) is -0.305. The maximum atomic E-state index is 13.0. The zero-order valence-electron chi connectivity index (χ0n) is 16.3. The molecule has 2 aromatic carbocycles. The summed E-state index contributed by atoms with van der Waals surface area (Å²) in [6.07, 6.45) is -4.69. The van der Waals surface area contributed by atoms with Gasteiger partial charge in [-0.1, -0.05) is 12.1 Å². The second kappa shape index (κ2) is 7.88. The van der Waals surface area contributed by atoms with Crippen LogP contribution in [0.2, 0.25) is 0 Å². The van der Waals surface area contributed by atoms with E-state index in [1.165, 1.54) is 9.21 Å². The van der Waals surface area contributed by atoms with Crippen molar-refractivity contribution in [1.29, 1.82) is 0 Å². The zero-order chi connectivity index (χ0) is 22.3. The Hall–Kier alpha value is -2.66. The van der Waals surface area contributed by atoms with Gasteiger partial charge in [-0.15, -0.1) is 0 Å². The Kier molecular flexibility index (Phi) is 5.79. The molecular formula is C19H20F3N3O4S. The lowest BCUT2D eigenvalue weighted by Crippen LogP contribution is -2.49. The number of nitrogens with zero attached hydrogens (tertiary/aromatic N) is 3. The van der Waals surface area contributed by atoms with E-state index in [0.29, 0.717) is 11.6 Å². The predicted molar refractivity (Wildman–Crippen MR) is 105 cm³/mol. The summed E-state index contributed by atoms with van der Waals surface area (Å²) in [4.78, 5) is 12.2. The molecule has 3 rings (SSSR count). The molecule has 0 aliphatic carbocycles. The van der Waals surface area contributed by atoms with Gasteiger partial charge in [0.2, 0.25) is 10.0 Å². The summed E-state index contributed by atoms with van der Waals surface area (Å²) in [7, 11) is -3.75. The molecule has 0 saturated carbocycles. The summed E-state index contributed by atoms with van der Waals surface area (Å²) < 4.78 is 66.0. The highest BCUT2D eigenvalue weighted by Gasteiger charge is 2.35. The number of hydrogen-bond donors (Lipinski definition) is 0. The van der Waals surface area contributed by atoms with Gasteiger partial charge in [0, 0.05) is 32.2 Å². The van der Waals surface area contributed by atoms with E-state index < -0.39 is 32.4 Å². The fraction of sp³-hybridized carbons (Fsp3) is 0.368. The number of hydrogen-bond acceptors (Lipinski definition) is 5. The molecule has 1 aliphatic rings. The highest BCUT2D eigenvalue weighted by atomic mass is 32.2.